The van der Waals surface area contributed by atoms with Gasteiger partial charge in [0.2, 0.25) is 11.8 Å². The first-order valence-electron chi connectivity index (χ1n) is 8.61. The molecule has 0 unspecified atom stereocenters. The second-order valence-electron chi connectivity index (χ2n) is 6.31. The first-order chi connectivity index (χ1) is 12.6. The summed E-state index contributed by atoms with van der Waals surface area (Å²) in [6.07, 6.45) is 4.36. The van der Waals surface area contributed by atoms with E-state index in [0.29, 0.717) is 10.6 Å². The highest BCUT2D eigenvalue weighted by Crippen LogP contribution is 2.36. The predicted molar refractivity (Wildman–Crippen MR) is 105 cm³/mol. The SMILES string of the molecule is CSc1ccc([C@H]2CC(=O)NC(SCC(=O)N3CCCC3)=C2C#N)cc1. The Morgan fingerprint density at radius 3 is 2.62 bits per heavy atom. The van der Waals surface area contributed by atoms with Gasteiger partial charge in [-0.25, -0.2) is 0 Å². The van der Waals surface area contributed by atoms with Crippen molar-refractivity contribution in [3.63, 3.8) is 0 Å². The van der Waals surface area contributed by atoms with Gasteiger partial charge in [-0.2, -0.15) is 5.26 Å². The van der Waals surface area contributed by atoms with Crippen LogP contribution in [0, 0.1) is 11.3 Å². The standard InChI is InChI=1S/C19H21N3O2S2/c1-25-14-6-4-13(5-7-14)15-10-17(23)21-19(16(15)11-20)26-12-18(24)22-8-2-3-9-22/h4-7,15H,2-3,8-10,12H2,1H3,(H,21,23)/t15-/m1/s1. The molecule has 1 fully saturated rings. The third-order valence-corrected chi connectivity index (χ3v) is 6.42. The maximum absolute atomic E-state index is 12.3. The Bertz CT molecular complexity index is 762. The van der Waals surface area contributed by atoms with Gasteiger partial charge in [0.1, 0.15) is 0 Å². The molecule has 5 nitrogen and oxygen atoms in total. The lowest BCUT2D eigenvalue weighted by atomic mass is 9.87. The molecule has 1 aromatic rings. The Kier molecular flexibility index (Phi) is 6.28. The van der Waals surface area contributed by atoms with Crippen LogP contribution in [0.4, 0.5) is 0 Å². The molecule has 0 aliphatic carbocycles. The zero-order valence-corrected chi connectivity index (χ0v) is 16.3. The molecule has 1 saturated heterocycles. The van der Waals surface area contributed by atoms with Gasteiger partial charge in [-0.3, -0.25) is 9.59 Å². The number of carbonyl (C=O) groups is 2. The smallest absolute Gasteiger partial charge is 0.232 e. The normalized spacial score (nSPS) is 20.1. The van der Waals surface area contributed by atoms with Crippen LogP contribution in [0.3, 0.4) is 0 Å². The summed E-state index contributed by atoms with van der Waals surface area (Å²) in [6, 6.07) is 10.2. The van der Waals surface area contributed by atoms with Gasteiger partial charge >= 0.3 is 0 Å². The van der Waals surface area contributed by atoms with E-state index in [1.807, 2.05) is 35.4 Å². The summed E-state index contributed by atoms with van der Waals surface area (Å²) in [6.45, 7) is 1.61. The zero-order chi connectivity index (χ0) is 18.5. The number of rotatable bonds is 5. The third-order valence-electron chi connectivity index (χ3n) is 4.67. The molecule has 2 amide bonds. The van der Waals surface area contributed by atoms with Gasteiger partial charge in [0, 0.05) is 30.3 Å². The molecule has 1 atom stereocenters. The highest BCUT2D eigenvalue weighted by atomic mass is 32.2. The number of thioether (sulfide) groups is 2. The van der Waals surface area contributed by atoms with Crippen molar-refractivity contribution in [2.75, 3.05) is 25.1 Å². The Morgan fingerprint density at radius 2 is 2.00 bits per heavy atom. The monoisotopic (exact) mass is 387 g/mol. The number of allylic oxidation sites excluding steroid dienone is 1. The van der Waals surface area contributed by atoms with E-state index < -0.39 is 0 Å². The van der Waals surface area contributed by atoms with Gasteiger partial charge in [-0.1, -0.05) is 23.9 Å². The van der Waals surface area contributed by atoms with Gasteiger partial charge in [0.15, 0.2) is 0 Å². The van der Waals surface area contributed by atoms with Gasteiger partial charge < -0.3 is 10.2 Å². The van der Waals surface area contributed by atoms with Crippen molar-refractivity contribution < 1.29 is 9.59 Å². The lowest BCUT2D eigenvalue weighted by molar-refractivity contribution is -0.127. The summed E-state index contributed by atoms with van der Waals surface area (Å²) in [5.74, 6) is -0.0510. The second-order valence-corrected chi connectivity index (χ2v) is 8.17. The first-order valence-corrected chi connectivity index (χ1v) is 10.8. The Labute approximate surface area is 162 Å². The molecule has 7 heteroatoms. The van der Waals surface area contributed by atoms with Crippen molar-refractivity contribution >= 4 is 35.3 Å². The van der Waals surface area contributed by atoms with E-state index in [0.717, 1.165) is 36.4 Å². The average Bonchev–Trinajstić information content (AvgIpc) is 3.20. The molecule has 0 radical (unpaired) electrons. The molecule has 1 aromatic carbocycles. The summed E-state index contributed by atoms with van der Waals surface area (Å²) in [5.41, 5.74) is 1.50. The molecular formula is C19H21N3O2S2. The van der Waals surface area contributed by atoms with E-state index in [2.05, 4.69) is 11.4 Å². The van der Waals surface area contributed by atoms with Crippen LogP contribution in [0.2, 0.25) is 0 Å². The van der Waals surface area contributed by atoms with Crippen LogP contribution in [-0.4, -0.2) is 41.8 Å². The molecule has 0 spiro atoms. The molecule has 0 bridgehead atoms. The minimum absolute atomic E-state index is 0.0676. The molecule has 2 aliphatic rings. The molecule has 0 saturated carbocycles. The van der Waals surface area contributed by atoms with Crippen LogP contribution in [0.1, 0.15) is 30.7 Å². The molecule has 1 N–H and O–H groups in total. The van der Waals surface area contributed by atoms with E-state index in [1.165, 1.54) is 11.8 Å². The third kappa shape index (κ3) is 4.25. The fraction of sp³-hybridized carbons (Fsp3) is 0.421. The highest BCUT2D eigenvalue weighted by Gasteiger charge is 2.30. The Balaban J connectivity index is 1.78. The summed E-state index contributed by atoms with van der Waals surface area (Å²) in [7, 11) is 0. The molecule has 2 aliphatic heterocycles. The molecule has 2 heterocycles. The minimum atomic E-state index is -0.256. The van der Waals surface area contributed by atoms with E-state index in [4.69, 9.17) is 0 Å². The van der Waals surface area contributed by atoms with Crippen molar-refractivity contribution in [3.05, 3.63) is 40.4 Å². The molecule has 3 rings (SSSR count). The number of benzene rings is 1. The maximum atomic E-state index is 12.3. The molecule has 0 aromatic heterocycles. The number of amides is 2. The lowest BCUT2D eigenvalue weighted by Gasteiger charge is -2.25. The number of hydrogen-bond donors (Lipinski definition) is 1. The number of carbonyl (C=O) groups excluding carboxylic acids is 2. The molecule has 136 valence electrons. The number of likely N-dealkylation sites (tertiary alicyclic amines) is 1. The van der Waals surface area contributed by atoms with Crippen molar-refractivity contribution in [2.45, 2.75) is 30.1 Å². The van der Waals surface area contributed by atoms with Crippen LogP contribution in [-0.2, 0) is 9.59 Å². The summed E-state index contributed by atoms with van der Waals surface area (Å²) in [4.78, 5) is 27.4. The van der Waals surface area contributed by atoms with E-state index in [-0.39, 0.29) is 29.9 Å². The van der Waals surface area contributed by atoms with E-state index >= 15 is 0 Å². The van der Waals surface area contributed by atoms with Crippen molar-refractivity contribution in [2.24, 2.45) is 0 Å². The van der Waals surface area contributed by atoms with Crippen LogP contribution >= 0.6 is 23.5 Å². The molecular weight excluding hydrogens is 366 g/mol. The van der Waals surface area contributed by atoms with Gasteiger partial charge in [0.05, 0.1) is 22.4 Å². The summed E-state index contributed by atoms with van der Waals surface area (Å²) in [5, 5.41) is 13.0. The van der Waals surface area contributed by atoms with Crippen LogP contribution in [0.5, 0.6) is 0 Å². The van der Waals surface area contributed by atoms with Crippen LogP contribution in [0.25, 0.3) is 0 Å². The molecule has 26 heavy (non-hydrogen) atoms. The van der Waals surface area contributed by atoms with Crippen molar-refractivity contribution in [3.8, 4) is 6.07 Å². The largest absolute Gasteiger partial charge is 0.342 e. The van der Waals surface area contributed by atoms with Gasteiger partial charge in [-0.05, 0) is 36.8 Å². The number of hydrogen-bond acceptors (Lipinski definition) is 5. The van der Waals surface area contributed by atoms with Gasteiger partial charge in [0.25, 0.3) is 0 Å². The zero-order valence-electron chi connectivity index (χ0n) is 14.7. The number of nitrogens with zero attached hydrogens (tertiary/aromatic N) is 2. The summed E-state index contributed by atoms with van der Waals surface area (Å²) >= 11 is 2.92. The van der Waals surface area contributed by atoms with Crippen LogP contribution in [0.15, 0.2) is 39.8 Å². The first kappa shape index (κ1) is 18.9. The van der Waals surface area contributed by atoms with E-state index in [1.54, 1.807) is 11.8 Å². The van der Waals surface area contributed by atoms with Crippen molar-refractivity contribution in [1.29, 1.82) is 5.26 Å². The van der Waals surface area contributed by atoms with Crippen molar-refractivity contribution in [1.82, 2.24) is 10.2 Å². The average molecular weight is 388 g/mol. The Hall–Kier alpha value is -1.91. The topological polar surface area (TPSA) is 73.2 Å². The predicted octanol–water partition coefficient (Wildman–Crippen LogP) is 3.10. The maximum Gasteiger partial charge on any atom is 0.232 e. The second kappa shape index (κ2) is 8.65. The fourth-order valence-corrected chi connectivity index (χ4v) is 4.63. The highest BCUT2D eigenvalue weighted by molar-refractivity contribution is 8.03. The van der Waals surface area contributed by atoms with E-state index in [9.17, 15) is 14.9 Å². The number of nitriles is 1. The quantitative estimate of drug-likeness (QED) is 0.786. The summed E-state index contributed by atoms with van der Waals surface area (Å²) < 4.78 is 0. The van der Waals surface area contributed by atoms with Gasteiger partial charge in [-0.15, -0.1) is 11.8 Å². The number of nitrogens with one attached hydrogen (secondary N) is 1. The minimum Gasteiger partial charge on any atom is -0.342 e. The Morgan fingerprint density at radius 1 is 1.31 bits per heavy atom. The fourth-order valence-electron chi connectivity index (χ4n) is 3.25. The lowest BCUT2D eigenvalue weighted by Crippen LogP contribution is -2.33. The van der Waals surface area contributed by atoms with Crippen LogP contribution < -0.4 is 5.32 Å².